The van der Waals surface area contributed by atoms with Crippen molar-refractivity contribution in [1.82, 2.24) is 10.6 Å². The molecule has 0 bridgehead atoms. The molecule has 0 heterocycles. The molecule has 0 spiro atoms. The highest BCUT2D eigenvalue weighted by molar-refractivity contribution is 14.1. The van der Waals surface area contributed by atoms with Crippen molar-refractivity contribution in [2.75, 3.05) is 11.9 Å². The lowest BCUT2D eigenvalue weighted by Crippen LogP contribution is -2.34. The largest absolute Gasteiger partial charge is 0.352 e. The van der Waals surface area contributed by atoms with Crippen LogP contribution in [0, 0.1) is 10.5 Å². The smallest absolute Gasteiger partial charge is 0.257 e. The number of nitrogens with one attached hydrogen (secondary N) is 3. The Bertz CT molecular complexity index is 824. The van der Waals surface area contributed by atoms with Gasteiger partial charge in [-0.05, 0) is 84.6 Å². The standard InChI is InChI=1S/C18H18IN3O2S/c1-3-20-16(23)12-5-4-6-14(9-12)21-18(25)22-17(24)13-8-7-11(2)15(19)10-13/h4-10H,3H2,1-2H3,(H,20,23)(H2,21,22,24,25). The van der Waals surface area contributed by atoms with Crippen molar-refractivity contribution in [2.24, 2.45) is 0 Å². The van der Waals surface area contributed by atoms with E-state index in [9.17, 15) is 9.59 Å². The molecule has 0 radical (unpaired) electrons. The van der Waals surface area contributed by atoms with Crippen LogP contribution >= 0.6 is 34.8 Å². The number of carbonyl (C=O) groups is 2. The minimum absolute atomic E-state index is 0.157. The Morgan fingerprint density at radius 2 is 1.80 bits per heavy atom. The first-order valence-electron chi connectivity index (χ1n) is 7.67. The van der Waals surface area contributed by atoms with Gasteiger partial charge in [0.05, 0.1) is 0 Å². The summed E-state index contributed by atoms with van der Waals surface area (Å²) in [4.78, 5) is 24.1. The Morgan fingerprint density at radius 1 is 1.08 bits per heavy atom. The van der Waals surface area contributed by atoms with Gasteiger partial charge in [-0.15, -0.1) is 0 Å². The van der Waals surface area contributed by atoms with E-state index in [4.69, 9.17) is 12.2 Å². The van der Waals surface area contributed by atoms with Gasteiger partial charge in [0.2, 0.25) is 0 Å². The SMILES string of the molecule is CCNC(=O)c1cccc(NC(=S)NC(=O)c2ccc(C)c(I)c2)c1. The molecule has 0 aliphatic rings. The van der Waals surface area contributed by atoms with Gasteiger partial charge in [0, 0.05) is 26.9 Å². The number of benzene rings is 2. The Kier molecular flexibility index (Phi) is 6.89. The van der Waals surface area contributed by atoms with Gasteiger partial charge in [0.15, 0.2) is 5.11 Å². The van der Waals surface area contributed by atoms with Crippen LogP contribution in [0.25, 0.3) is 0 Å². The van der Waals surface area contributed by atoms with Crippen LogP contribution in [0.2, 0.25) is 0 Å². The highest BCUT2D eigenvalue weighted by Crippen LogP contribution is 2.14. The lowest BCUT2D eigenvalue weighted by atomic mass is 10.1. The molecule has 2 aromatic carbocycles. The zero-order valence-electron chi connectivity index (χ0n) is 13.9. The molecule has 2 amide bonds. The summed E-state index contributed by atoms with van der Waals surface area (Å²) in [6.07, 6.45) is 0. The van der Waals surface area contributed by atoms with Gasteiger partial charge in [-0.25, -0.2) is 0 Å². The van der Waals surface area contributed by atoms with E-state index in [0.29, 0.717) is 23.4 Å². The lowest BCUT2D eigenvalue weighted by Gasteiger charge is -2.11. The summed E-state index contributed by atoms with van der Waals surface area (Å²) in [5, 5.41) is 8.48. The fourth-order valence-electron chi connectivity index (χ4n) is 2.07. The van der Waals surface area contributed by atoms with Crippen LogP contribution in [-0.2, 0) is 0 Å². The maximum atomic E-state index is 12.3. The molecule has 3 N–H and O–H groups in total. The molecule has 25 heavy (non-hydrogen) atoms. The fraction of sp³-hybridized carbons (Fsp3) is 0.167. The maximum Gasteiger partial charge on any atom is 0.257 e. The van der Waals surface area contributed by atoms with E-state index < -0.39 is 0 Å². The van der Waals surface area contributed by atoms with Crippen molar-refractivity contribution in [3.05, 3.63) is 62.7 Å². The zero-order valence-corrected chi connectivity index (χ0v) is 16.8. The van der Waals surface area contributed by atoms with Gasteiger partial charge in [-0.2, -0.15) is 0 Å². The average molecular weight is 467 g/mol. The number of amides is 2. The van der Waals surface area contributed by atoms with Crippen molar-refractivity contribution in [3.63, 3.8) is 0 Å². The number of thiocarbonyl (C=S) groups is 1. The number of rotatable bonds is 4. The van der Waals surface area contributed by atoms with Gasteiger partial charge in [-0.3, -0.25) is 14.9 Å². The molecule has 0 aromatic heterocycles. The quantitative estimate of drug-likeness (QED) is 0.476. The highest BCUT2D eigenvalue weighted by Gasteiger charge is 2.10. The van der Waals surface area contributed by atoms with E-state index >= 15 is 0 Å². The van der Waals surface area contributed by atoms with Crippen LogP contribution in [0.4, 0.5) is 5.69 Å². The minimum Gasteiger partial charge on any atom is -0.352 e. The lowest BCUT2D eigenvalue weighted by molar-refractivity contribution is 0.0953. The average Bonchev–Trinajstić information content (AvgIpc) is 2.57. The second-order valence-corrected chi connectivity index (χ2v) is 6.88. The molecule has 2 rings (SSSR count). The molecule has 2 aromatic rings. The summed E-state index contributed by atoms with van der Waals surface area (Å²) in [7, 11) is 0. The molecule has 0 aliphatic heterocycles. The Labute approximate surface area is 165 Å². The molecule has 0 saturated heterocycles. The number of halogens is 1. The van der Waals surface area contributed by atoms with Crippen molar-refractivity contribution < 1.29 is 9.59 Å². The summed E-state index contributed by atoms with van der Waals surface area (Å²) in [6, 6.07) is 12.4. The number of anilines is 1. The highest BCUT2D eigenvalue weighted by atomic mass is 127. The third-order valence-electron chi connectivity index (χ3n) is 3.38. The molecular formula is C18H18IN3O2S. The molecule has 0 atom stereocenters. The third kappa shape index (κ3) is 5.50. The maximum absolute atomic E-state index is 12.3. The second-order valence-electron chi connectivity index (χ2n) is 5.31. The topological polar surface area (TPSA) is 70.2 Å². The van der Waals surface area contributed by atoms with E-state index in [0.717, 1.165) is 9.13 Å². The van der Waals surface area contributed by atoms with Crippen molar-refractivity contribution in [2.45, 2.75) is 13.8 Å². The summed E-state index contributed by atoms with van der Waals surface area (Å²) in [5.74, 6) is -0.439. The van der Waals surface area contributed by atoms with Gasteiger partial charge >= 0.3 is 0 Å². The summed E-state index contributed by atoms with van der Waals surface area (Å²) >= 11 is 7.37. The number of hydrogen-bond donors (Lipinski definition) is 3. The van der Waals surface area contributed by atoms with Crippen LogP contribution in [-0.4, -0.2) is 23.5 Å². The first-order valence-corrected chi connectivity index (χ1v) is 9.16. The Balaban J connectivity index is 2.02. The van der Waals surface area contributed by atoms with E-state index in [-0.39, 0.29) is 16.9 Å². The molecule has 0 unspecified atom stereocenters. The van der Waals surface area contributed by atoms with E-state index in [1.54, 1.807) is 30.3 Å². The Hall–Kier alpha value is -2.00. The molecule has 7 heteroatoms. The summed E-state index contributed by atoms with van der Waals surface area (Å²) in [5.41, 5.74) is 2.80. The zero-order chi connectivity index (χ0) is 18.4. The Morgan fingerprint density at radius 3 is 2.48 bits per heavy atom. The first kappa shape index (κ1) is 19.3. The number of aryl methyl sites for hydroxylation is 1. The molecule has 0 saturated carbocycles. The summed E-state index contributed by atoms with van der Waals surface area (Å²) in [6.45, 7) is 4.40. The van der Waals surface area contributed by atoms with Crippen LogP contribution in [0.15, 0.2) is 42.5 Å². The van der Waals surface area contributed by atoms with Gasteiger partial charge in [0.1, 0.15) is 0 Å². The number of hydrogen-bond acceptors (Lipinski definition) is 3. The van der Waals surface area contributed by atoms with E-state index in [1.165, 1.54) is 0 Å². The first-order chi connectivity index (χ1) is 11.9. The molecule has 5 nitrogen and oxygen atoms in total. The van der Waals surface area contributed by atoms with E-state index in [1.807, 2.05) is 26.0 Å². The van der Waals surface area contributed by atoms with Gasteiger partial charge in [0.25, 0.3) is 11.8 Å². The summed E-state index contributed by atoms with van der Waals surface area (Å²) < 4.78 is 1.01. The van der Waals surface area contributed by atoms with Gasteiger partial charge < -0.3 is 10.6 Å². The predicted molar refractivity (Wildman–Crippen MR) is 112 cm³/mol. The number of carbonyl (C=O) groups excluding carboxylic acids is 2. The predicted octanol–water partition coefficient (Wildman–Crippen LogP) is 3.48. The second kappa shape index (κ2) is 8.91. The fourth-order valence-corrected chi connectivity index (χ4v) is 2.80. The van der Waals surface area contributed by atoms with Crippen LogP contribution in [0.1, 0.15) is 33.2 Å². The third-order valence-corrected chi connectivity index (χ3v) is 4.75. The minimum atomic E-state index is -0.282. The van der Waals surface area contributed by atoms with Crippen LogP contribution < -0.4 is 16.0 Å². The van der Waals surface area contributed by atoms with Crippen molar-refractivity contribution >= 4 is 57.4 Å². The van der Waals surface area contributed by atoms with Crippen molar-refractivity contribution in [1.29, 1.82) is 0 Å². The monoisotopic (exact) mass is 467 g/mol. The van der Waals surface area contributed by atoms with Gasteiger partial charge in [-0.1, -0.05) is 12.1 Å². The van der Waals surface area contributed by atoms with Crippen LogP contribution in [0.5, 0.6) is 0 Å². The van der Waals surface area contributed by atoms with Crippen LogP contribution in [0.3, 0.4) is 0 Å². The van der Waals surface area contributed by atoms with E-state index in [2.05, 4.69) is 38.5 Å². The van der Waals surface area contributed by atoms with Crippen molar-refractivity contribution in [3.8, 4) is 0 Å². The molecule has 0 fully saturated rings. The molecular weight excluding hydrogens is 449 g/mol. The molecule has 0 aliphatic carbocycles. The normalized spacial score (nSPS) is 10.0. The molecule has 130 valence electrons.